The largest absolute Gasteiger partial charge is 0.469 e. The summed E-state index contributed by atoms with van der Waals surface area (Å²) in [5, 5.41) is 70.3. The molecule has 2 aliphatic heterocycles. The minimum atomic E-state index is -1.91. The molecule has 36 heavy (non-hydrogen) atoms. The van der Waals surface area contributed by atoms with Crippen LogP contribution in [0, 0.1) is 11.8 Å². The lowest BCUT2D eigenvalue weighted by Crippen LogP contribution is -2.61. The number of hydrogen-bond donors (Lipinski definition) is 7. The normalized spacial score (nSPS) is 47.7. The molecule has 1 aliphatic carbocycles. The van der Waals surface area contributed by atoms with Crippen LogP contribution in [0.1, 0.15) is 19.8 Å². The summed E-state index contributed by atoms with van der Waals surface area (Å²) in [5.41, 5.74) is 0. The summed E-state index contributed by atoms with van der Waals surface area (Å²) in [6.45, 7) is 1.44. The molecule has 0 aromatic carbocycles. The zero-order valence-corrected chi connectivity index (χ0v) is 19.9. The fraction of sp³-hybridized carbons (Fsp3) is 0.905. The molecule has 0 bridgehead atoms. The highest BCUT2D eigenvalue weighted by Crippen LogP contribution is 2.38. The summed E-state index contributed by atoms with van der Waals surface area (Å²) < 4.78 is 31.7. The van der Waals surface area contributed by atoms with Crippen LogP contribution < -0.4 is 0 Å². The molecule has 0 aromatic rings. The minimum Gasteiger partial charge on any atom is -0.469 e. The SMILES string of the molecule is COC(=O)C1CC(OC2OC(C)C(O)C(O)C2O)C(OC2OC(O)C(O)C(O)C2O)CC1C(=O)OC. The Kier molecular flexibility index (Phi) is 9.62. The maximum absolute atomic E-state index is 12.5. The molecule has 14 unspecified atom stereocenters. The van der Waals surface area contributed by atoms with E-state index in [-0.39, 0.29) is 12.8 Å². The molecule has 1 saturated carbocycles. The van der Waals surface area contributed by atoms with Crippen molar-refractivity contribution in [2.75, 3.05) is 14.2 Å². The Morgan fingerprint density at radius 3 is 1.50 bits per heavy atom. The lowest BCUT2D eigenvalue weighted by atomic mass is 9.76. The van der Waals surface area contributed by atoms with Crippen LogP contribution >= 0.6 is 0 Å². The third-order valence-electron chi connectivity index (χ3n) is 6.85. The molecule has 0 spiro atoms. The van der Waals surface area contributed by atoms with Gasteiger partial charge in [-0.15, -0.1) is 0 Å². The first-order valence-corrected chi connectivity index (χ1v) is 11.4. The van der Waals surface area contributed by atoms with Crippen molar-refractivity contribution in [3.05, 3.63) is 0 Å². The van der Waals surface area contributed by atoms with Gasteiger partial charge in [-0.2, -0.15) is 0 Å². The molecule has 7 N–H and O–H groups in total. The number of carbonyl (C=O) groups is 2. The lowest BCUT2D eigenvalue weighted by Gasteiger charge is -2.46. The van der Waals surface area contributed by atoms with Crippen LogP contribution in [0.2, 0.25) is 0 Å². The first-order chi connectivity index (χ1) is 16.9. The fourth-order valence-electron chi connectivity index (χ4n) is 4.66. The fourth-order valence-corrected chi connectivity index (χ4v) is 4.66. The van der Waals surface area contributed by atoms with Crippen molar-refractivity contribution >= 4 is 11.9 Å². The van der Waals surface area contributed by atoms with Crippen molar-refractivity contribution in [1.29, 1.82) is 0 Å². The number of ether oxygens (including phenoxy) is 6. The highest BCUT2D eigenvalue weighted by atomic mass is 16.8. The maximum atomic E-state index is 12.5. The Bertz CT molecular complexity index is 704. The van der Waals surface area contributed by atoms with Crippen molar-refractivity contribution in [2.24, 2.45) is 11.8 Å². The number of aliphatic hydroxyl groups is 7. The van der Waals surface area contributed by atoms with Crippen molar-refractivity contribution < 1.29 is 73.8 Å². The smallest absolute Gasteiger partial charge is 0.309 e. The number of methoxy groups -OCH3 is 2. The molecule has 3 fully saturated rings. The number of carbonyl (C=O) groups excluding carboxylic acids is 2. The standard InChI is InChI=1S/C21H34O15/c1-6-11(22)12(23)15(26)20(33-6)34-9-4-7(17(28)31-2)8(18(29)32-3)5-10(9)35-21-16(27)13(24)14(25)19(30)36-21/h6-16,19-27,30H,4-5H2,1-3H3. The molecule has 2 heterocycles. The van der Waals surface area contributed by atoms with Gasteiger partial charge in [-0.05, 0) is 19.8 Å². The Morgan fingerprint density at radius 2 is 1.06 bits per heavy atom. The molecule has 208 valence electrons. The van der Waals surface area contributed by atoms with Gasteiger partial charge < -0.3 is 64.2 Å². The Hall–Kier alpha value is -1.50. The van der Waals surface area contributed by atoms with Crippen molar-refractivity contribution in [1.82, 2.24) is 0 Å². The van der Waals surface area contributed by atoms with E-state index >= 15 is 0 Å². The number of aliphatic hydroxyl groups excluding tert-OH is 7. The molecule has 3 aliphatic rings. The molecule has 0 amide bonds. The van der Waals surface area contributed by atoms with E-state index in [0.717, 1.165) is 14.2 Å². The predicted octanol–water partition coefficient (Wildman–Crippen LogP) is -4.29. The van der Waals surface area contributed by atoms with Crippen LogP contribution in [0.15, 0.2) is 0 Å². The second-order valence-electron chi connectivity index (χ2n) is 9.13. The topological polar surface area (TPSA) is 231 Å². The zero-order valence-electron chi connectivity index (χ0n) is 19.9. The maximum Gasteiger partial charge on any atom is 0.309 e. The third-order valence-corrected chi connectivity index (χ3v) is 6.85. The summed E-state index contributed by atoms with van der Waals surface area (Å²) in [4.78, 5) is 25.0. The molecule has 2 saturated heterocycles. The van der Waals surface area contributed by atoms with E-state index in [1.54, 1.807) is 0 Å². The van der Waals surface area contributed by atoms with Gasteiger partial charge in [-0.3, -0.25) is 9.59 Å². The highest BCUT2D eigenvalue weighted by Gasteiger charge is 2.52. The summed E-state index contributed by atoms with van der Waals surface area (Å²) in [6.07, 6.45) is -19.0. The summed E-state index contributed by atoms with van der Waals surface area (Å²) in [5.74, 6) is -3.68. The van der Waals surface area contributed by atoms with E-state index < -0.39 is 97.6 Å². The zero-order chi connectivity index (χ0) is 26.9. The Morgan fingerprint density at radius 1 is 0.639 bits per heavy atom. The molecular formula is C21H34O15. The van der Waals surface area contributed by atoms with Crippen molar-refractivity contribution in [3.63, 3.8) is 0 Å². The second kappa shape index (κ2) is 11.9. The number of hydrogen-bond acceptors (Lipinski definition) is 15. The summed E-state index contributed by atoms with van der Waals surface area (Å²) >= 11 is 0. The van der Waals surface area contributed by atoms with E-state index in [9.17, 15) is 45.3 Å². The van der Waals surface area contributed by atoms with E-state index in [1.807, 2.05) is 0 Å². The van der Waals surface area contributed by atoms with Gasteiger partial charge in [0.1, 0.15) is 36.6 Å². The number of rotatable bonds is 6. The van der Waals surface area contributed by atoms with E-state index in [0.29, 0.717) is 0 Å². The molecule has 3 rings (SSSR count). The molecule has 15 heteroatoms. The van der Waals surface area contributed by atoms with E-state index in [1.165, 1.54) is 6.92 Å². The van der Waals surface area contributed by atoms with Crippen LogP contribution in [0.4, 0.5) is 0 Å². The van der Waals surface area contributed by atoms with Crippen LogP contribution in [0.3, 0.4) is 0 Å². The summed E-state index contributed by atoms with van der Waals surface area (Å²) in [7, 11) is 2.25. The van der Waals surface area contributed by atoms with Crippen molar-refractivity contribution in [2.45, 2.75) is 93.6 Å². The van der Waals surface area contributed by atoms with Crippen molar-refractivity contribution in [3.8, 4) is 0 Å². The quantitative estimate of drug-likeness (QED) is 0.162. The highest BCUT2D eigenvalue weighted by molar-refractivity contribution is 5.82. The molecule has 14 atom stereocenters. The minimum absolute atomic E-state index is 0.229. The average molecular weight is 526 g/mol. The Balaban J connectivity index is 1.88. The lowest BCUT2D eigenvalue weighted by molar-refractivity contribution is -0.364. The van der Waals surface area contributed by atoms with Gasteiger partial charge in [-0.25, -0.2) is 0 Å². The van der Waals surface area contributed by atoms with Gasteiger partial charge >= 0.3 is 11.9 Å². The Labute approximate surface area is 206 Å². The van der Waals surface area contributed by atoms with Crippen LogP contribution in [-0.2, 0) is 38.0 Å². The molecule has 0 aromatic heterocycles. The predicted molar refractivity (Wildman–Crippen MR) is 111 cm³/mol. The first-order valence-electron chi connectivity index (χ1n) is 11.4. The van der Waals surface area contributed by atoms with Gasteiger partial charge in [-0.1, -0.05) is 0 Å². The van der Waals surface area contributed by atoms with Gasteiger partial charge in [0.15, 0.2) is 18.9 Å². The second-order valence-corrected chi connectivity index (χ2v) is 9.13. The van der Waals surface area contributed by atoms with E-state index in [4.69, 9.17) is 28.4 Å². The third kappa shape index (κ3) is 5.81. The monoisotopic (exact) mass is 526 g/mol. The molecule has 15 nitrogen and oxygen atoms in total. The average Bonchev–Trinajstić information content (AvgIpc) is 2.87. The molecule has 0 radical (unpaired) electrons. The van der Waals surface area contributed by atoms with E-state index in [2.05, 4.69) is 0 Å². The van der Waals surface area contributed by atoms with Crippen LogP contribution in [-0.4, -0.2) is 136 Å². The van der Waals surface area contributed by atoms with Crippen LogP contribution in [0.5, 0.6) is 0 Å². The van der Waals surface area contributed by atoms with Gasteiger partial charge in [0.25, 0.3) is 0 Å². The van der Waals surface area contributed by atoms with Gasteiger partial charge in [0.2, 0.25) is 0 Å². The van der Waals surface area contributed by atoms with Crippen LogP contribution in [0.25, 0.3) is 0 Å². The van der Waals surface area contributed by atoms with Gasteiger partial charge in [0.05, 0.1) is 44.4 Å². The first kappa shape index (κ1) is 29.1. The van der Waals surface area contributed by atoms with Gasteiger partial charge in [0, 0.05) is 0 Å². The molecular weight excluding hydrogens is 492 g/mol. The summed E-state index contributed by atoms with van der Waals surface area (Å²) in [6, 6.07) is 0. The number of esters is 2.